The molecule has 0 radical (unpaired) electrons. The predicted octanol–water partition coefficient (Wildman–Crippen LogP) is 2.80. The van der Waals surface area contributed by atoms with E-state index < -0.39 is 22.4 Å². The van der Waals surface area contributed by atoms with Crippen LogP contribution in [0.3, 0.4) is 0 Å². The number of aliphatic hydroxyl groups is 1. The molecule has 1 aromatic heterocycles. The summed E-state index contributed by atoms with van der Waals surface area (Å²) in [7, 11) is 0. The van der Waals surface area contributed by atoms with Gasteiger partial charge in [0.1, 0.15) is 18.3 Å². The van der Waals surface area contributed by atoms with Crippen LogP contribution in [0, 0.1) is 10.8 Å². The lowest BCUT2D eigenvalue weighted by molar-refractivity contribution is -0.179. The molecule has 2 aromatic rings. The van der Waals surface area contributed by atoms with Crippen molar-refractivity contribution >= 4 is 17.6 Å². The number of aromatic nitrogens is 3. The molecule has 0 amide bonds. The number of carbonyl (C=O) groups is 1. The lowest BCUT2D eigenvalue weighted by Crippen LogP contribution is -2.58. The predicted molar refractivity (Wildman–Crippen MR) is 93.2 cm³/mol. The van der Waals surface area contributed by atoms with E-state index in [2.05, 4.69) is 10.1 Å². The second kappa shape index (κ2) is 6.11. The molecule has 6 nitrogen and oxygen atoms in total. The summed E-state index contributed by atoms with van der Waals surface area (Å²) in [6.45, 7) is 3.66. The van der Waals surface area contributed by atoms with Crippen molar-refractivity contribution < 1.29 is 15.0 Å². The van der Waals surface area contributed by atoms with Gasteiger partial charge in [-0.15, -0.1) is 0 Å². The maximum atomic E-state index is 12.0. The zero-order valence-electron chi connectivity index (χ0n) is 14.3. The molecule has 1 aliphatic carbocycles. The molecule has 1 fully saturated rings. The Hall–Kier alpha value is -1.92. The molecule has 3 unspecified atom stereocenters. The van der Waals surface area contributed by atoms with Crippen molar-refractivity contribution in [2.75, 3.05) is 0 Å². The Bertz CT molecular complexity index is 764. The summed E-state index contributed by atoms with van der Waals surface area (Å²) >= 11 is 5.96. The van der Waals surface area contributed by atoms with E-state index in [1.165, 1.54) is 17.3 Å². The average molecular weight is 364 g/mol. The number of nitrogens with zero attached hydrogens (tertiary/aromatic N) is 3. The molecule has 2 N–H and O–H groups in total. The highest BCUT2D eigenvalue weighted by atomic mass is 35.5. The van der Waals surface area contributed by atoms with E-state index in [0.29, 0.717) is 24.3 Å². The first kappa shape index (κ1) is 17.9. The Labute approximate surface area is 151 Å². The molecule has 1 heterocycles. The van der Waals surface area contributed by atoms with Crippen LogP contribution >= 0.6 is 11.6 Å². The SMILES string of the molecule is CC1(Cc2ccc(Cl)cc2)CCC(C)(C(=O)O)C1(O)Cn1cncn1. The van der Waals surface area contributed by atoms with Crippen molar-refractivity contribution in [3.8, 4) is 0 Å². The Morgan fingerprint density at radius 3 is 2.52 bits per heavy atom. The first-order valence-electron chi connectivity index (χ1n) is 8.23. The van der Waals surface area contributed by atoms with Gasteiger partial charge in [-0.3, -0.25) is 9.48 Å². The zero-order chi connectivity index (χ0) is 18.3. The fourth-order valence-corrected chi connectivity index (χ4v) is 4.22. The van der Waals surface area contributed by atoms with Gasteiger partial charge in [0.25, 0.3) is 0 Å². The molecule has 1 aliphatic rings. The number of hydrogen-bond acceptors (Lipinski definition) is 4. The molecule has 0 spiro atoms. The quantitative estimate of drug-likeness (QED) is 0.852. The first-order valence-corrected chi connectivity index (χ1v) is 8.61. The van der Waals surface area contributed by atoms with Crippen LogP contribution in [0.25, 0.3) is 0 Å². The number of hydrogen-bond donors (Lipinski definition) is 2. The standard InChI is InChI=1S/C18H22ClN3O3/c1-16(9-13-3-5-14(19)6-4-13)7-8-17(2,15(23)24)18(16,25)10-22-12-20-11-21-22/h3-6,11-12,25H,7-10H2,1-2H3,(H,23,24). The van der Waals surface area contributed by atoms with Crippen LogP contribution in [0.5, 0.6) is 0 Å². The number of benzene rings is 1. The maximum Gasteiger partial charge on any atom is 0.312 e. The van der Waals surface area contributed by atoms with E-state index >= 15 is 0 Å². The van der Waals surface area contributed by atoms with Crippen molar-refractivity contribution in [2.45, 2.75) is 45.3 Å². The molecule has 3 atom stereocenters. The Kier molecular flexibility index (Phi) is 4.37. The summed E-state index contributed by atoms with van der Waals surface area (Å²) in [6, 6.07) is 7.45. The van der Waals surface area contributed by atoms with Gasteiger partial charge in [-0.05, 0) is 43.9 Å². The van der Waals surface area contributed by atoms with E-state index in [4.69, 9.17) is 11.6 Å². The lowest BCUT2D eigenvalue weighted by atomic mass is 9.64. The van der Waals surface area contributed by atoms with Gasteiger partial charge >= 0.3 is 5.97 Å². The number of carboxylic acids is 1. The Morgan fingerprint density at radius 1 is 1.28 bits per heavy atom. The molecule has 0 bridgehead atoms. The molecule has 134 valence electrons. The van der Waals surface area contributed by atoms with Gasteiger partial charge in [0.05, 0.1) is 12.0 Å². The zero-order valence-corrected chi connectivity index (χ0v) is 15.1. The van der Waals surface area contributed by atoms with Gasteiger partial charge < -0.3 is 10.2 Å². The fourth-order valence-electron chi connectivity index (χ4n) is 4.09. The fraction of sp³-hybridized carbons (Fsp3) is 0.500. The van der Waals surface area contributed by atoms with E-state index in [-0.39, 0.29) is 6.54 Å². The number of rotatable bonds is 5. The van der Waals surface area contributed by atoms with Crippen molar-refractivity contribution in [3.63, 3.8) is 0 Å². The highest BCUT2D eigenvalue weighted by molar-refractivity contribution is 6.30. The smallest absolute Gasteiger partial charge is 0.312 e. The van der Waals surface area contributed by atoms with Crippen molar-refractivity contribution in [1.29, 1.82) is 0 Å². The lowest BCUT2D eigenvalue weighted by Gasteiger charge is -2.46. The molecule has 7 heteroatoms. The summed E-state index contributed by atoms with van der Waals surface area (Å²) in [5, 5.41) is 26.3. The summed E-state index contributed by atoms with van der Waals surface area (Å²) in [6.07, 6.45) is 4.44. The molecule has 0 saturated heterocycles. The number of halogens is 1. The van der Waals surface area contributed by atoms with Crippen LogP contribution < -0.4 is 0 Å². The minimum absolute atomic E-state index is 0.0832. The maximum absolute atomic E-state index is 12.0. The summed E-state index contributed by atoms with van der Waals surface area (Å²) < 4.78 is 1.51. The van der Waals surface area contributed by atoms with Crippen LogP contribution in [0.1, 0.15) is 32.3 Å². The second-order valence-corrected chi connectivity index (χ2v) is 7.89. The van der Waals surface area contributed by atoms with E-state index in [1.54, 1.807) is 6.92 Å². The van der Waals surface area contributed by atoms with Crippen LogP contribution in [-0.2, 0) is 17.8 Å². The van der Waals surface area contributed by atoms with Gasteiger partial charge in [0, 0.05) is 10.4 Å². The third-order valence-corrected chi connectivity index (χ3v) is 6.18. The van der Waals surface area contributed by atoms with E-state index in [0.717, 1.165) is 5.56 Å². The Morgan fingerprint density at radius 2 is 1.96 bits per heavy atom. The third kappa shape index (κ3) is 2.83. The summed E-state index contributed by atoms with van der Waals surface area (Å²) in [5.74, 6) is -0.991. The van der Waals surface area contributed by atoms with Crippen LogP contribution in [0.15, 0.2) is 36.9 Å². The largest absolute Gasteiger partial charge is 0.481 e. The normalized spacial score (nSPS) is 32.0. The molecule has 1 aromatic carbocycles. The highest BCUT2D eigenvalue weighted by Crippen LogP contribution is 2.59. The third-order valence-electron chi connectivity index (χ3n) is 5.93. The number of carboxylic acid groups (broad SMARTS) is 1. The highest BCUT2D eigenvalue weighted by Gasteiger charge is 2.66. The van der Waals surface area contributed by atoms with Crippen molar-refractivity contribution in [3.05, 3.63) is 47.5 Å². The molecular formula is C18H22ClN3O3. The van der Waals surface area contributed by atoms with Gasteiger partial charge in [0.2, 0.25) is 0 Å². The molecule has 3 rings (SSSR count). The van der Waals surface area contributed by atoms with Gasteiger partial charge in [-0.1, -0.05) is 30.7 Å². The average Bonchev–Trinajstić information content (AvgIpc) is 3.12. The van der Waals surface area contributed by atoms with E-state index in [1.807, 2.05) is 31.2 Å². The summed E-state index contributed by atoms with van der Waals surface area (Å²) in [4.78, 5) is 15.9. The van der Waals surface area contributed by atoms with Crippen molar-refractivity contribution in [1.82, 2.24) is 14.8 Å². The molecular weight excluding hydrogens is 342 g/mol. The monoisotopic (exact) mass is 363 g/mol. The number of aliphatic carboxylic acids is 1. The van der Waals surface area contributed by atoms with Gasteiger partial charge in [-0.25, -0.2) is 4.98 Å². The molecule has 1 saturated carbocycles. The van der Waals surface area contributed by atoms with Crippen LogP contribution in [0.4, 0.5) is 0 Å². The minimum Gasteiger partial charge on any atom is -0.481 e. The van der Waals surface area contributed by atoms with Crippen molar-refractivity contribution in [2.24, 2.45) is 10.8 Å². The molecule has 25 heavy (non-hydrogen) atoms. The van der Waals surface area contributed by atoms with Gasteiger partial charge in [-0.2, -0.15) is 5.10 Å². The first-order chi connectivity index (χ1) is 11.7. The van der Waals surface area contributed by atoms with Crippen LogP contribution in [-0.4, -0.2) is 36.5 Å². The topological polar surface area (TPSA) is 88.2 Å². The second-order valence-electron chi connectivity index (χ2n) is 7.45. The minimum atomic E-state index is -1.47. The Balaban J connectivity index is 2.01. The molecule has 0 aliphatic heterocycles. The van der Waals surface area contributed by atoms with Crippen LogP contribution in [0.2, 0.25) is 5.02 Å². The van der Waals surface area contributed by atoms with E-state index in [9.17, 15) is 15.0 Å². The summed E-state index contributed by atoms with van der Waals surface area (Å²) in [5.41, 5.74) is -2.35. The van der Waals surface area contributed by atoms with Gasteiger partial charge in [0.15, 0.2) is 0 Å².